The Balaban J connectivity index is 2.21. The Morgan fingerprint density at radius 2 is 1.96 bits per heavy atom. The standard InChI is InChI=1S/C19H17ClN2O3/c1-12(22-24-2)11-25-18-15-9-8-14(20)10-16(15)21-19(23)17(18)13-6-4-3-5-7-13/h3-10H,11H2,1-2H3,(H,21,23)/b22-12+. The monoisotopic (exact) mass is 356 g/mol. The molecular weight excluding hydrogens is 340 g/mol. The zero-order chi connectivity index (χ0) is 17.8. The van der Waals surface area contributed by atoms with Crippen molar-refractivity contribution in [1.29, 1.82) is 0 Å². The number of fused-ring (bicyclic) bond motifs is 1. The molecule has 1 N–H and O–H groups in total. The first-order valence-corrected chi connectivity index (χ1v) is 8.08. The van der Waals surface area contributed by atoms with Crippen molar-refractivity contribution in [3.63, 3.8) is 0 Å². The van der Waals surface area contributed by atoms with E-state index >= 15 is 0 Å². The third-order valence-electron chi connectivity index (χ3n) is 3.66. The number of hydrogen-bond acceptors (Lipinski definition) is 4. The minimum absolute atomic E-state index is 0.203. The molecule has 0 saturated carbocycles. The molecule has 0 saturated heterocycles. The van der Waals surface area contributed by atoms with Gasteiger partial charge in [-0.05, 0) is 30.7 Å². The second kappa shape index (κ2) is 7.40. The third-order valence-corrected chi connectivity index (χ3v) is 3.90. The normalized spacial score (nSPS) is 11.6. The van der Waals surface area contributed by atoms with Crippen molar-refractivity contribution in [2.24, 2.45) is 5.16 Å². The first-order valence-electron chi connectivity index (χ1n) is 7.70. The lowest BCUT2D eigenvalue weighted by Crippen LogP contribution is -2.15. The first-order chi connectivity index (χ1) is 12.1. The maximum absolute atomic E-state index is 12.7. The van der Waals surface area contributed by atoms with Crippen LogP contribution < -0.4 is 10.3 Å². The van der Waals surface area contributed by atoms with Crippen LogP contribution in [0.5, 0.6) is 5.75 Å². The van der Waals surface area contributed by atoms with E-state index in [1.54, 1.807) is 19.1 Å². The fourth-order valence-electron chi connectivity index (χ4n) is 2.62. The molecule has 0 fully saturated rings. The lowest BCUT2D eigenvalue weighted by Gasteiger charge is -2.14. The second-order valence-corrected chi connectivity index (χ2v) is 5.95. The number of aromatic amines is 1. The van der Waals surface area contributed by atoms with Crippen molar-refractivity contribution in [2.45, 2.75) is 6.92 Å². The molecule has 0 aliphatic carbocycles. The van der Waals surface area contributed by atoms with E-state index < -0.39 is 0 Å². The van der Waals surface area contributed by atoms with Crippen molar-refractivity contribution in [3.8, 4) is 16.9 Å². The maximum atomic E-state index is 12.7. The summed E-state index contributed by atoms with van der Waals surface area (Å²) in [6, 6.07) is 14.7. The molecule has 128 valence electrons. The molecule has 1 heterocycles. The van der Waals surface area contributed by atoms with E-state index in [1.165, 1.54) is 7.11 Å². The van der Waals surface area contributed by atoms with Gasteiger partial charge >= 0.3 is 0 Å². The molecule has 0 spiro atoms. The van der Waals surface area contributed by atoms with Crippen LogP contribution in [0.4, 0.5) is 0 Å². The molecule has 0 atom stereocenters. The summed E-state index contributed by atoms with van der Waals surface area (Å²) in [5.74, 6) is 0.493. The Morgan fingerprint density at radius 3 is 2.68 bits per heavy atom. The molecular formula is C19H17ClN2O3. The number of nitrogens with one attached hydrogen (secondary N) is 1. The third kappa shape index (κ3) is 3.67. The van der Waals surface area contributed by atoms with Crippen LogP contribution in [0.1, 0.15) is 6.92 Å². The number of rotatable bonds is 5. The summed E-state index contributed by atoms with van der Waals surface area (Å²) in [7, 11) is 1.48. The van der Waals surface area contributed by atoms with E-state index in [1.807, 2.05) is 36.4 Å². The van der Waals surface area contributed by atoms with Crippen LogP contribution in [0.3, 0.4) is 0 Å². The zero-order valence-corrected chi connectivity index (χ0v) is 14.6. The van der Waals surface area contributed by atoms with Crippen LogP contribution in [0, 0.1) is 0 Å². The maximum Gasteiger partial charge on any atom is 0.260 e. The SMILES string of the molecule is CO/N=C(\C)COc1c(-c2ccccc2)c(=O)[nH]c2cc(Cl)ccc12. The Labute approximate surface area is 149 Å². The molecule has 2 aromatic carbocycles. The molecule has 1 aromatic heterocycles. The molecule has 0 amide bonds. The van der Waals surface area contributed by atoms with Gasteiger partial charge in [-0.3, -0.25) is 4.79 Å². The summed E-state index contributed by atoms with van der Waals surface area (Å²) in [6.07, 6.45) is 0. The van der Waals surface area contributed by atoms with Gasteiger partial charge < -0.3 is 14.6 Å². The predicted molar refractivity (Wildman–Crippen MR) is 101 cm³/mol. The molecule has 0 aliphatic rings. The van der Waals surface area contributed by atoms with E-state index in [0.717, 1.165) is 10.9 Å². The molecule has 3 aromatic rings. The summed E-state index contributed by atoms with van der Waals surface area (Å²) >= 11 is 6.05. The van der Waals surface area contributed by atoms with Gasteiger partial charge in [0, 0.05) is 10.4 Å². The number of benzene rings is 2. The van der Waals surface area contributed by atoms with Crippen LogP contribution in [-0.4, -0.2) is 24.4 Å². The molecule has 0 unspecified atom stereocenters. The predicted octanol–water partition coefficient (Wildman–Crippen LogP) is 4.25. The van der Waals surface area contributed by atoms with Crippen LogP contribution >= 0.6 is 11.6 Å². The molecule has 3 rings (SSSR count). The lowest BCUT2D eigenvalue weighted by molar-refractivity contribution is 0.210. The molecule has 0 aliphatic heterocycles. The minimum Gasteiger partial charge on any atom is -0.486 e. The Kier molecular flexibility index (Phi) is 5.05. The zero-order valence-electron chi connectivity index (χ0n) is 13.9. The van der Waals surface area contributed by atoms with E-state index in [-0.39, 0.29) is 12.2 Å². The van der Waals surface area contributed by atoms with Gasteiger partial charge in [0.1, 0.15) is 19.5 Å². The van der Waals surface area contributed by atoms with Crippen molar-refractivity contribution in [2.75, 3.05) is 13.7 Å². The van der Waals surface area contributed by atoms with Crippen molar-refractivity contribution in [1.82, 2.24) is 4.98 Å². The topological polar surface area (TPSA) is 63.7 Å². The number of oxime groups is 1. The number of halogens is 1. The smallest absolute Gasteiger partial charge is 0.260 e. The van der Waals surface area contributed by atoms with Gasteiger partial charge in [0.25, 0.3) is 5.56 Å². The lowest BCUT2D eigenvalue weighted by atomic mass is 10.0. The number of pyridine rings is 1. The number of aromatic nitrogens is 1. The Bertz CT molecular complexity index is 981. The van der Waals surface area contributed by atoms with Crippen LogP contribution in [-0.2, 0) is 4.84 Å². The summed E-state index contributed by atoms with van der Waals surface area (Å²) in [5.41, 5.74) is 2.28. The van der Waals surface area contributed by atoms with Crippen molar-refractivity contribution < 1.29 is 9.57 Å². The fourth-order valence-corrected chi connectivity index (χ4v) is 2.79. The average Bonchev–Trinajstić information content (AvgIpc) is 2.60. The molecule has 0 radical (unpaired) electrons. The molecule has 6 heteroatoms. The highest BCUT2D eigenvalue weighted by atomic mass is 35.5. The largest absolute Gasteiger partial charge is 0.486 e. The number of ether oxygens (including phenoxy) is 1. The van der Waals surface area contributed by atoms with Gasteiger partial charge in [0.15, 0.2) is 0 Å². The molecule has 0 bridgehead atoms. The summed E-state index contributed by atoms with van der Waals surface area (Å²) in [4.78, 5) is 20.3. The van der Waals surface area contributed by atoms with Gasteiger partial charge in [-0.25, -0.2) is 0 Å². The van der Waals surface area contributed by atoms with Gasteiger partial charge in [0.2, 0.25) is 0 Å². The quantitative estimate of drug-likeness (QED) is 0.549. The fraction of sp³-hybridized carbons (Fsp3) is 0.158. The average molecular weight is 357 g/mol. The highest BCUT2D eigenvalue weighted by Crippen LogP contribution is 2.34. The van der Waals surface area contributed by atoms with Crippen LogP contribution in [0.15, 0.2) is 58.5 Å². The molecule has 25 heavy (non-hydrogen) atoms. The summed E-state index contributed by atoms with van der Waals surface area (Å²) in [6.45, 7) is 1.99. The van der Waals surface area contributed by atoms with Crippen molar-refractivity contribution in [3.05, 3.63) is 63.9 Å². The highest BCUT2D eigenvalue weighted by Gasteiger charge is 2.16. The minimum atomic E-state index is -0.239. The number of nitrogens with zero attached hydrogens (tertiary/aromatic N) is 1. The Hall–Kier alpha value is -2.79. The van der Waals surface area contributed by atoms with Gasteiger partial charge in [-0.2, -0.15) is 0 Å². The van der Waals surface area contributed by atoms with E-state index in [2.05, 4.69) is 10.1 Å². The highest BCUT2D eigenvalue weighted by molar-refractivity contribution is 6.31. The molecule has 5 nitrogen and oxygen atoms in total. The second-order valence-electron chi connectivity index (χ2n) is 5.51. The first kappa shape index (κ1) is 17.0. The summed E-state index contributed by atoms with van der Waals surface area (Å²) < 4.78 is 5.97. The van der Waals surface area contributed by atoms with E-state index in [9.17, 15) is 4.79 Å². The summed E-state index contributed by atoms with van der Waals surface area (Å²) in [5, 5.41) is 5.16. The van der Waals surface area contributed by atoms with Gasteiger partial charge in [-0.15, -0.1) is 0 Å². The van der Waals surface area contributed by atoms with Gasteiger partial charge in [-0.1, -0.05) is 47.1 Å². The number of H-pyrrole nitrogens is 1. The number of hydrogen-bond donors (Lipinski definition) is 1. The Morgan fingerprint density at radius 1 is 1.20 bits per heavy atom. The van der Waals surface area contributed by atoms with Gasteiger partial charge in [0.05, 0.1) is 16.8 Å². The van der Waals surface area contributed by atoms with E-state index in [0.29, 0.717) is 27.6 Å². The van der Waals surface area contributed by atoms with Crippen molar-refractivity contribution >= 4 is 28.2 Å². The van der Waals surface area contributed by atoms with Crippen LogP contribution in [0.25, 0.3) is 22.0 Å². The van der Waals surface area contributed by atoms with E-state index in [4.69, 9.17) is 21.2 Å². The van der Waals surface area contributed by atoms with Crippen LogP contribution in [0.2, 0.25) is 5.02 Å².